The normalized spacial score (nSPS) is 11.4. The molecular formula is C14H21ClN4O3. The Kier molecular flexibility index (Phi) is 5.79. The van der Waals surface area contributed by atoms with Crippen LogP contribution in [0.5, 0.6) is 0 Å². The standard InChI is InChI=1S/C14H21ClN4O3/c1-3-5-7-18-11-10(16-13(15)17-11)12(20)19(14(18)21)8-6-9-22-4-2/h3-9H2,1-2H3,(H,16,17). The topological polar surface area (TPSA) is 81.9 Å². The van der Waals surface area contributed by atoms with Gasteiger partial charge in [-0.2, -0.15) is 4.98 Å². The Labute approximate surface area is 132 Å². The predicted octanol–water partition coefficient (Wildman–Crippen LogP) is 1.77. The van der Waals surface area contributed by atoms with E-state index in [4.69, 9.17) is 16.3 Å². The number of unbranched alkanes of at least 4 members (excludes halogenated alkanes) is 1. The molecule has 2 rings (SSSR count). The lowest BCUT2D eigenvalue weighted by molar-refractivity contribution is 0.141. The van der Waals surface area contributed by atoms with Crippen LogP contribution in [0.1, 0.15) is 33.1 Å². The van der Waals surface area contributed by atoms with Crippen molar-refractivity contribution in [1.82, 2.24) is 19.1 Å². The van der Waals surface area contributed by atoms with Crippen molar-refractivity contribution in [3.8, 4) is 0 Å². The fraction of sp³-hybridized carbons (Fsp3) is 0.643. The first-order valence-corrected chi connectivity index (χ1v) is 7.94. The lowest BCUT2D eigenvalue weighted by atomic mass is 10.3. The third kappa shape index (κ3) is 3.41. The van der Waals surface area contributed by atoms with E-state index in [1.807, 2.05) is 13.8 Å². The molecule has 1 N–H and O–H groups in total. The number of rotatable bonds is 8. The number of aromatic nitrogens is 4. The van der Waals surface area contributed by atoms with Gasteiger partial charge in [-0.1, -0.05) is 13.3 Å². The van der Waals surface area contributed by atoms with E-state index in [2.05, 4.69) is 9.97 Å². The summed E-state index contributed by atoms with van der Waals surface area (Å²) in [6.07, 6.45) is 2.37. The van der Waals surface area contributed by atoms with Crippen molar-refractivity contribution in [2.45, 2.75) is 46.2 Å². The Hall–Kier alpha value is -1.60. The molecular weight excluding hydrogens is 308 g/mol. The molecule has 2 aromatic rings. The van der Waals surface area contributed by atoms with Crippen LogP contribution in [0.2, 0.25) is 5.28 Å². The molecule has 0 aliphatic carbocycles. The zero-order chi connectivity index (χ0) is 16.1. The molecule has 0 saturated heterocycles. The molecule has 0 aliphatic rings. The number of imidazole rings is 1. The first-order valence-electron chi connectivity index (χ1n) is 7.56. The molecule has 0 saturated carbocycles. The molecule has 0 spiro atoms. The van der Waals surface area contributed by atoms with Crippen LogP contribution < -0.4 is 11.2 Å². The minimum Gasteiger partial charge on any atom is -0.382 e. The lowest BCUT2D eigenvalue weighted by Crippen LogP contribution is -2.40. The molecule has 0 bridgehead atoms. The van der Waals surface area contributed by atoms with Gasteiger partial charge in [0.15, 0.2) is 11.2 Å². The number of halogens is 1. The number of hydrogen-bond donors (Lipinski definition) is 1. The van der Waals surface area contributed by atoms with E-state index < -0.39 is 0 Å². The van der Waals surface area contributed by atoms with Gasteiger partial charge < -0.3 is 9.72 Å². The Bertz CT molecular complexity index is 747. The Morgan fingerprint density at radius 2 is 1.91 bits per heavy atom. The second kappa shape index (κ2) is 7.60. The third-order valence-corrected chi connectivity index (χ3v) is 3.62. The number of ether oxygens (including phenoxy) is 1. The summed E-state index contributed by atoms with van der Waals surface area (Å²) in [7, 11) is 0. The summed E-state index contributed by atoms with van der Waals surface area (Å²) < 4.78 is 8.00. The van der Waals surface area contributed by atoms with Crippen LogP contribution in [0.25, 0.3) is 11.2 Å². The minimum absolute atomic E-state index is 0.115. The zero-order valence-electron chi connectivity index (χ0n) is 12.9. The van der Waals surface area contributed by atoms with Crippen molar-refractivity contribution in [3.63, 3.8) is 0 Å². The average molecular weight is 329 g/mol. The molecule has 0 aromatic carbocycles. The van der Waals surface area contributed by atoms with Crippen molar-refractivity contribution < 1.29 is 4.74 Å². The summed E-state index contributed by atoms with van der Waals surface area (Å²) in [6.45, 7) is 5.90. The van der Waals surface area contributed by atoms with Crippen LogP contribution in [-0.4, -0.2) is 32.3 Å². The molecule has 0 unspecified atom stereocenters. The van der Waals surface area contributed by atoms with E-state index in [-0.39, 0.29) is 22.0 Å². The van der Waals surface area contributed by atoms with Gasteiger partial charge >= 0.3 is 5.69 Å². The SMILES string of the molecule is CCCCn1c(=O)n(CCCOCC)c(=O)c2[nH]c(Cl)nc21. The highest BCUT2D eigenvalue weighted by Gasteiger charge is 2.16. The first-order chi connectivity index (χ1) is 10.6. The molecule has 7 nitrogen and oxygen atoms in total. The van der Waals surface area contributed by atoms with Gasteiger partial charge in [0.05, 0.1) is 0 Å². The maximum Gasteiger partial charge on any atom is 0.332 e. The van der Waals surface area contributed by atoms with E-state index >= 15 is 0 Å². The molecule has 0 atom stereocenters. The molecule has 0 fully saturated rings. The maximum absolute atomic E-state index is 12.6. The number of hydrogen-bond acceptors (Lipinski definition) is 4. The number of aryl methyl sites for hydroxylation is 1. The average Bonchev–Trinajstić information content (AvgIpc) is 2.88. The highest BCUT2D eigenvalue weighted by molar-refractivity contribution is 6.28. The van der Waals surface area contributed by atoms with Gasteiger partial charge in [0.25, 0.3) is 5.56 Å². The second-order valence-corrected chi connectivity index (χ2v) is 5.38. The number of fused-ring (bicyclic) bond motifs is 1. The predicted molar refractivity (Wildman–Crippen MR) is 85.6 cm³/mol. The highest BCUT2D eigenvalue weighted by Crippen LogP contribution is 2.10. The van der Waals surface area contributed by atoms with Crippen molar-refractivity contribution in [2.75, 3.05) is 13.2 Å². The summed E-state index contributed by atoms with van der Waals surface area (Å²) in [5, 5.41) is 0.115. The molecule has 22 heavy (non-hydrogen) atoms. The molecule has 122 valence electrons. The minimum atomic E-state index is -0.386. The lowest BCUT2D eigenvalue weighted by Gasteiger charge is -2.10. The Morgan fingerprint density at radius 1 is 1.18 bits per heavy atom. The molecule has 2 aromatic heterocycles. The molecule has 8 heteroatoms. The zero-order valence-corrected chi connectivity index (χ0v) is 13.7. The smallest absolute Gasteiger partial charge is 0.332 e. The molecule has 2 heterocycles. The molecule has 0 amide bonds. The second-order valence-electron chi connectivity index (χ2n) is 5.02. The number of nitrogens with zero attached hydrogens (tertiary/aromatic N) is 3. The van der Waals surface area contributed by atoms with Crippen LogP contribution in [-0.2, 0) is 17.8 Å². The van der Waals surface area contributed by atoms with Crippen LogP contribution >= 0.6 is 11.6 Å². The Morgan fingerprint density at radius 3 is 2.59 bits per heavy atom. The van der Waals surface area contributed by atoms with E-state index in [1.165, 1.54) is 9.13 Å². The molecule has 0 aliphatic heterocycles. The molecule has 0 radical (unpaired) electrons. The van der Waals surface area contributed by atoms with E-state index in [1.54, 1.807) is 0 Å². The summed E-state index contributed by atoms with van der Waals surface area (Å²) >= 11 is 5.86. The summed E-state index contributed by atoms with van der Waals surface area (Å²) in [5.41, 5.74) is -0.124. The Balaban J connectivity index is 2.46. The van der Waals surface area contributed by atoms with E-state index in [9.17, 15) is 9.59 Å². The van der Waals surface area contributed by atoms with Crippen LogP contribution in [0.15, 0.2) is 9.59 Å². The van der Waals surface area contributed by atoms with Crippen LogP contribution in [0.4, 0.5) is 0 Å². The monoisotopic (exact) mass is 328 g/mol. The van der Waals surface area contributed by atoms with Gasteiger partial charge in [-0.3, -0.25) is 13.9 Å². The van der Waals surface area contributed by atoms with Crippen molar-refractivity contribution in [2.24, 2.45) is 0 Å². The van der Waals surface area contributed by atoms with Gasteiger partial charge in [0, 0.05) is 26.3 Å². The van der Waals surface area contributed by atoms with Gasteiger partial charge in [-0.25, -0.2) is 4.79 Å². The quantitative estimate of drug-likeness (QED) is 0.591. The number of nitrogens with one attached hydrogen (secondary N) is 1. The fourth-order valence-electron chi connectivity index (χ4n) is 2.32. The summed E-state index contributed by atoms with van der Waals surface area (Å²) in [4.78, 5) is 31.8. The maximum atomic E-state index is 12.6. The fourth-order valence-corrected chi connectivity index (χ4v) is 2.50. The van der Waals surface area contributed by atoms with Crippen LogP contribution in [0, 0.1) is 0 Å². The van der Waals surface area contributed by atoms with Gasteiger partial charge in [0.2, 0.25) is 5.28 Å². The van der Waals surface area contributed by atoms with Crippen molar-refractivity contribution >= 4 is 22.8 Å². The van der Waals surface area contributed by atoms with E-state index in [0.717, 1.165) is 12.8 Å². The largest absolute Gasteiger partial charge is 0.382 e. The van der Waals surface area contributed by atoms with Gasteiger partial charge in [0.1, 0.15) is 0 Å². The summed E-state index contributed by atoms with van der Waals surface area (Å²) in [6, 6.07) is 0. The number of H-pyrrole nitrogens is 1. The van der Waals surface area contributed by atoms with Gasteiger partial charge in [-0.15, -0.1) is 0 Å². The van der Waals surface area contributed by atoms with Crippen molar-refractivity contribution in [1.29, 1.82) is 0 Å². The number of aromatic amines is 1. The highest BCUT2D eigenvalue weighted by atomic mass is 35.5. The van der Waals surface area contributed by atoms with E-state index in [0.29, 0.717) is 38.4 Å². The summed E-state index contributed by atoms with van der Waals surface area (Å²) in [5.74, 6) is 0. The van der Waals surface area contributed by atoms with Gasteiger partial charge in [-0.05, 0) is 31.4 Å². The first kappa shape index (κ1) is 16.8. The third-order valence-electron chi connectivity index (χ3n) is 3.44. The van der Waals surface area contributed by atoms with Crippen LogP contribution in [0.3, 0.4) is 0 Å². The van der Waals surface area contributed by atoms with Crippen molar-refractivity contribution in [3.05, 3.63) is 26.1 Å².